The lowest BCUT2D eigenvalue weighted by Crippen LogP contribution is -2.50. The molecular weight excluding hydrogens is 368 g/mol. The average Bonchev–Trinajstić information content (AvgIpc) is 3.04. The number of unbranched alkanes of at least 4 members (excludes halogenated alkanes) is 3. The molecule has 2 heterocycles. The number of hydrogen-bond donors (Lipinski definition) is 5. The normalized spacial score (nSPS) is 22.0. The Balaban J connectivity index is 1.98. The number of rotatable bonds is 10. The molecule has 1 fully saturated rings. The van der Waals surface area contributed by atoms with Crippen molar-refractivity contribution < 1.29 is 25.5 Å². The fourth-order valence-corrected chi connectivity index (χ4v) is 2.98. The number of hydrogen-bond acceptors (Lipinski definition) is 6. The quantitative estimate of drug-likeness (QED) is 0.229. The summed E-state index contributed by atoms with van der Waals surface area (Å²) < 4.78 is 6.58. The lowest BCUT2D eigenvalue weighted by atomic mass is 10.2. The lowest BCUT2D eigenvalue weighted by Gasteiger charge is -2.14. The van der Waals surface area contributed by atoms with Gasteiger partial charge in [-0.05, 0) is 25.3 Å². The molecule has 0 unspecified atom stereocenters. The lowest BCUT2D eigenvalue weighted by molar-refractivity contribution is -0.368. The molecule has 0 spiro atoms. The summed E-state index contributed by atoms with van der Waals surface area (Å²) in [6.45, 7) is 1.09. The third-order valence-corrected chi connectivity index (χ3v) is 4.58. The Labute approximate surface area is 162 Å². The summed E-state index contributed by atoms with van der Waals surface area (Å²) in [6, 6.07) is 0. The fourth-order valence-electron chi connectivity index (χ4n) is 2.98. The van der Waals surface area contributed by atoms with Crippen molar-refractivity contribution in [3.63, 3.8) is 0 Å². The van der Waals surface area contributed by atoms with Crippen LogP contribution in [0.2, 0.25) is 0 Å². The summed E-state index contributed by atoms with van der Waals surface area (Å²) in [5, 5.41) is 21.7. The second-order valence-electron chi connectivity index (χ2n) is 6.76. The summed E-state index contributed by atoms with van der Waals surface area (Å²) in [7, 11) is 0. The predicted molar refractivity (Wildman–Crippen MR) is 101 cm³/mol. The molecule has 28 heavy (non-hydrogen) atoms. The van der Waals surface area contributed by atoms with Crippen molar-refractivity contribution in [1.29, 1.82) is 0 Å². The number of aliphatic hydroxyl groups is 2. The van der Waals surface area contributed by atoms with E-state index in [0.29, 0.717) is 6.54 Å². The van der Waals surface area contributed by atoms with Gasteiger partial charge in [-0.3, -0.25) is 19.1 Å². The molecule has 1 aromatic heterocycles. The summed E-state index contributed by atoms with van der Waals surface area (Å²) >= 11 is 0. The molecule has 10 heteroatoms. The number of nitrogens with zero attached hydrogens (tertiary/aromatic N) is 1. The first-order chi connectivity index (χ1) is 13.5. The molecule has 1 aliphatic rings. The van der Waals surface area contributed by atoms with Crippen molar-refractivity contribution in [1.82, 2.24) is 14.9 Å². The molecule has 0 saturated carbocycles. The first-order valence-corrected chi connectivity index (χ1v) is 9.51. The number of nitrogens with one attached hydrogen (secondary N) is 2. The van der Waals surface area contributed by atoms with Gasteiger partial charge in [-0.2, -0.15) is 0 Å². The summed E-state index contributed by atoms with van der Waals surface area (Å²) in [5.41, 5.74) is 2.57. The van der Waals surface area contributed by atoms with E-state index in [2.05, 4.69) is 16.0 Å². The summed E-state index contributed by atoms with van der Waals surface area (Å²) in [6.07, 6.45) is 5.48. The third-order valence-electron chi connectivity index (χ3n) is 4.58. The predicted octanol–water partition coefficient (Wildman–Crippen LogP) is -1.89. The number of amides is 1. The average molecular weight is 397 g/mol. The zero-order chi connectivity index (χ0) is 20.5. The van der Waals surface area contributed by atoms with E-state index >= 15 is 0 Å². The highest BCUT2D eigenvalue weighted by Crippen LogP contribution is 2.27. The largest absolute Gasteiger partial charge is 0.394 e. The molecule has 1 saturated heterocycles. The molecule has 0 radical (unpaired) electrons. The molecule has 7 N–H and O–H groups in total. The monoisotopic (exact) mass is 397 g/mol. The van der Waals surface area contributed by atoms with Gasteiger partial charge in [0, 0.05) is 25.2 Å². The molecule has 156 valence electrons. The minimum Gasteiger partial charge on any atom is -0.394 e. The van der Waals surface area contributed by atoms with Crippen LogP contribution in [0.4, 0.5) is 0 Å². The van der Waals surface area contributed by atoms with Crippen LogP contribution in [0.25, 0.3) is 6.08 Å². The third kappa shape index (κ3) is 6.13. The van der Waals surface area contributed by atoms with Crippen LogP contribution in [0.5, 0.6) is 0 Å². The molecule has 1 aliphatic heterocycles. The number of aromatic nitrogens is 2. The van der Waals surface area contributed by atoms with E-state index < -0.39 is 29.7 Å². The van der Waals surface area contributed by atoms with E-state index in [-0.39, 0.29) is 24.5 Å². The van der Waals surface area contributed by atoms with E-state index in [9.17, 15) is 19.5 Å². The minimum atomic E-state index is -0.910. The zero-order valence-corrected chi connectivity index (χ0v) is 15.8. The first kappa shape index (κ1) is 22.0. The van der Waals surface area contributed by atoms with Crippen LogP contribution in [-0.4, -0.2) is 57.6 Å². The number of H-pyrrole nitrogens is 1. The number of carbonyl (C=O) groups is 1. The Morgan fingerprint density at radius 3 is 2.79 bits per heavy atom. The second kappa shape index (κ2) is 10.9. The van der Waals surface area contributed by atoms with Crippen molar-refractivity contribution in [2.24, 2.45) is 0 Å². The fraction of sp³-hybridized carbons (Fsp3) is 0.611. The van der Waals surface area contributed by atoms with Crippen LogP contribution >= 0.6 is 0 Å². The number of ether oxygens (including phenoxy) is 1. The smallest absolute Gasteiger partial charge is 0.330 e. The van der Waals surface area contributed by atoms with Crippen LogP contribution in [0.1, 0.15) is 43.9 Å². The molecule has 0 aromatic carbocycles. The maximum absolute atomic E-state index is 12.0. The van der Waals surface area contributed by atoms with E-state index in [0.717, 1.165) is 36.8 Å². The summed E-state index contributed by atoms with van der Waals surface area (Å²) in [5.74, 6) is -0.331. The maximum Gasteiger partial charge on any atom is 0.330 e. The molecule has 0 aliphatic carbocycles. The van der Waals surface area contributed by atoms with Crippen molar-refractivity contribution in [2.75, 3.05) is 19.7 Å². The van der Waals surface area contributed by atoms with Gasteiger partial charge in [-0.25, -0.2) is 4.79 Å². The molecule has 1 aromatic rings. The highest BCUT2D eigenvalue weighted by atomic mass is 16.5. The van der Waals surface area contributed by atoms with Crippen LogP contribution in [0, 0.1) is 0 Å². The number of aliphatic hydroxyl groups excluding tert-OH is 2. The molecule has 2 rings (SSSR count). The number of carbonyl (C=O) groups excluding carboxylic acids is 1. The SMILES string of the molecule is [NH3+]CCCCCCNC(=O)/C=C/c1cn([C@H]2C[C@@H](O)[C@@H](CO)O2)c(=O)[nH]c1=O. The minimum absolute atomic E-state index is 0.106. The Kier molecular flexibility index (Phi) is 8.58. The van der Waals surface area contributed by atoms with Gasteiger partial charge in [0.1, 0.15) is 12.3 Å². The maximum atomic E-state index is 12.0. The van der Waals surface area contributed by atoms with Crippen molar-refractivity contribution in [3.05, 3.63) is 38.7 Å². The van der Waals surface area contributed by atoms with Gasteiger partial charge in [0.2, 0.25) is 5.91 Å². The van der Waals surface area contributed by atoms with Gasteiger partial charge in [-0.1, -0.05) is 6.42 Å². The van der Waals surface area contributed by atoms with Crippen LogP contribution < -0.4 is 22.3 Å². The number of quaternary nitrogens is 1. The van der Waals surface area contributed by atoms with Crippen LogP contribution in [0.15, 0.2) is 21.9 Å². The van der Waals surface area contributed by atoms with Gasteiger partial charge in [0.05, 0.1) is 24.8 Å². The van der Waals surface area contributed by atoms with Crippen molar-refractivity contribution in [2.45, 2.75) is 50.5 Å². The van der Waals surface area contributed by atoms with Crippen molar-refractivity contribution in [3.8, 4) is 0 Å². The standard InChI is InChI=1S/C18H28N4O6/c19-7-3-1-2-4-8-20-15(25)6-5-12-10-22(18(27)21-17(12)26)16-9-13(24)14(11-23)28-16/h5-6,10,13-14,16,23-24H,1-4,7-9,11,19H2,(H,20,25)(H,21,26,27)/p+1/b6-5+/t13-,14-,16-/m1/s1. The van der Waals surface area contributed by atoms with Gasteiger partial charge >= 0.3 is 5.69 Å². The Morgan fingerprint density at radius 1 is 1.36 bits per heavy atom. The van der Waals surface area contributed by atoms with Gasteiger partial charge in [0.25, 0.3) is 5.56 Å². The van der Waals surface area contributed by atoms with Crippen LogP contribution in [-0.2, 0) is 9.53 Å². The van der Waals surface area contributed by atoms with E-state index in [1.807, 2.05) is 0 Å². The zero-order valence-electron chi connectivity index (χ0n) is 15.8. The van der Waals surface area contributed by atoms with Gasteiger partial charge in [-0.15, -0.1) is 0 Å². The summed E-state index contributed by atoms with van der Waals surface area (Å²) in [4.78, 5) is 38.1. The molecule has 10 nitrogen and oxygen atoms in total. The van der Waals surface area contributed by atoms with Crippen molar-refractivity contribution >= 4 is 12.0 Å². The first-order valence-electron chi connectivity index (χ1n) is 9.51. The Bertz CT molecular complexity index is 787. The van der Waals surface area contributed by atoms with E-state index in [1.54, 1.807) is 0 Å². The molecular formula is C18H29N4O6+. The highest BCUT2D eigenvalue weighted by molar-refractivity contribution is 5.91. The molecule has 1 amide bonds. The van der Waals surface area contributed by atoms with E-state index in [4.69, 9.17) is 9.84 Å². The molecule has 3 atom stereocenters. The van der Waals surface area contributed by atoms with Crippen LogP contribution in [0.3, 0.4) is 0 Å². The number of aromatic amines is 1. The molecule has 0 bridgehead atoms. The van der Waals surface area contributed by atoms with E-state index in [1.165, 1.54) is 18.3 Å². The second-order valence-corrected chi connectivity index (χ2v) is 6.76. The van der Waals surface area contributed by atoms with Gasteiger partial charge < -0.3 is 26.0 Å². The Hall–Kier alpha value is -2.27. The Morgan fingerprint density at radius 2 is 2.11 bits per heavy atom. The topological polar surface area (TPSA) is 161 Å². The van der Waals surface area contributed by atoms with Gasteiger partial charge in [0.15, 0.2) is 0 Å². The highest BCUT2D eigenvalue weighted by Gasteiger charge is 2.35.